The van der Waals surface area contributed by atoms with E-state index in [-0.39, 0.29) is 0 Å². The Labute approximate surface area is 167 Å². The minimum Gasteiger partial charge on any atom is -0.367 e. The fourth-order valence-electron chi connectivity index (χ4n) is 6.10. The molecule has 27 heavy (non-hydrogen) atoms. The summed E-state index contributed by atoms with van der Waals surface area (Å²) in [4.78, 5) is 0. The van der Waals surface area contributed by atoms with E-state index in [1.807, 2.05) is 0 Å². The van der Waals surface area contributed by atoms with E-state index in [1.54, 1.807) is 11.1 Å². The summed E-state index contributed by atoms with van der Waals surface area (Å²) in [6.07, 6.45) is 32.6. The highest BCUT2D eigenvalue weighted by Gasteiger charge is 2.30. The fourth-order valence-corrected chi connectivity index (χ4v) is 6.10. The van der Waals surface area contributed by atoms with E-state index in [1.165, 1.54) is 103 Å². The molecule has 0 spiro atoms. The Morgan fingerprint density at radius 2 is 1.26 bits per heavy atom. The summed E-state index contributed by atoms with van der Waals surface area (Å²) in [7, 11) is 0. The molecule has 1 heteroatoms. The van der Waals surface area contributed by atoms with Gasteiger partial charge in [0, 0.05) is 12.4 Å². The molecule has 1 nitrogen and oxygen atoms in total. The van der Waals surface area contributed by atoms with Crippen LogP contribution in [0.25, 0.3) is 0 Å². The SMILES string of the molecule is C1=CNC=C(C2CCC(CC3CCC3)CC2)C(C2CCCCCCCC2)=C1. The first-order valence-electron chi connectivity index (χ1n) is 12.2. The van der Waals surface area contributed by atoms with Crippen molar-refractivity contribution in [2.24, 2.45) is 23.7 Å². The lowest BCUT2D eigenvalue weighted by Gasteiger charge is -2.36. The van der Waals surface area contributed by atoms with Gasteiger partial charge in [0.2, 0.25) is 0 Å². The predicted octanol–water partition coefficient (Wildman–Crippen LogP) is 7.66. The Kier molecular flexibility index (Phi) is 7.15. The first-order chi connectivity index (χ1) is 13.4. The van der Waals surface area contributed by atoms with E-state index >= 15 is 0 Å². The van der Waals surface area contributed by atoms with Crippen molar-refractivity contribution in [1.82, 2.24) is 5.32 Å². The molecule has 150 valence electrons. The second-order valence-electron chi connectivity index (χ2n) is 9.89. The van der Waals surface area contributed by atoms with E-state index in [2.05, 4.69) is 29.9 Å². The third kappa shape index (κ3) is 5.30. The van der Waals surface area contributed by atoms with Crippen molar-refractivity contribution in [2.45, 2.75) is 103 Å². The standard InChI is InChI=1S/C26H41N/c1-2-4-6-12-23(11-5-3-1)25-13-8-18-27-20-26(25)24-16-14-22(15-17-24)19-21-9-7-10-21/h8,13,18,20-24,27H,1-7,9-12,14-17,19H2. The van der Waals surface area contributed by atoms with Gasteiger partial charge in [-0.3, -0.25) is 0 Å². The maximum Gasteiger partial charge on any atom is 0.00424 e. The van der Waals surface area contributed by atoms with Crippen molar-refractivity contribution < 1.29 is 0 Å². The van der Waals surface area contributed by atoms with Crippen LogP contribution in [0.4, 0.5) is 0 Å². The molecule has 0 atom stereocenters. The van der Waals surface area contributed by atoms with Gasteiger partial charge in [-0.05, 0) is 85.8 Å². The van der Waals surface area contributed by atoms with E-state index in [4.69, 9.17) is 0 Å². The highest BCUT2D eigenvalue weighted by molar-refractivity contribution is 5.39. The largest absolute Gasteiger partial charge is 0.367 e. The molecule has 3 saturated carbocycles. The topological polar surface area (TPSA) is 12.0 Å². The summed E-state index contributed by atoms with van der Waals surface area (Å²) in [5.41, 5.74) is 3.37. The van der Waals surface area contributed by atoms with Crippen LogP contribution >= 0.6 is 0 Å². The Hall–Kier alpha value is -0.980. The molecule has 0 aromatic carbocycles. The van der Waals surface area contributed by atoms with Crippen molar-refractivity contribution in [3.05, 3.63) is 35.7 Å². The van der Waals surface area contributed by atoms with Crippen LogP contribution in [0.1, 0.15) is 103 Å². The lowest BCUT2D eigenvalue weighted by molar-refractivity contribution is 0.200. The van der Waals surface area contributed by atoms with Gasteiger partial charge in [-0.1, -0.05) is 63.9 Å². The van der Waals surface area contributed by atoms with Gasteiger partial charge in [0.05, 0.1) is 0 Å². The van der Waals surface area contributed by atoms with Gasteiger partial charge < -0.3 is 5.32 Å². The molecule has 0 amide bonds. The zero-order valence-electron chi connectivity index (χ0n) is 17.4. The zero-order chi connectivity index (χ0) is 18.3. The second-order valence-corrected chi connectivity index (χ2v) is 9.89. The van der Waals surface area contributed by atoms with E-state index < -0.39 is 0 Å². The molecule has 3 aliphatic carbocycles. The predicted molar refractivity (Wildman–Crippen MR) is 116 cm³/mol. The maximum absolute atomic E-state index is 3.47. The normalized spacial score (nSPS) is 31.4. The third-order valence-corrected chi connectivity index (χ3v) is 8.01. The van der Waals surface area contributed by atoms with Gasteiger partial charge in [-0.2, -0.15) is 0 Å². The van der Waals surface area contributed by atoms with Crippen molar-refractivity contribution >= 4 is 0 Å². The van der Waals surface area contributed by atoms with Crippen molar-refractivity contribution in [3.8, 4) is 0 Å². The molecule has 3 fully saturated rings. The average Bonchev–Trinajstić information content (AvgIpc) is 2.82. The summed E-state index contributed by atoms with van der Waals surface area (Å²) >= 11 is 0. The third-order valence-electron chi connectivity index (χ3n) is 8.01. The monoisotopic (exact) mass is 367 g/mol. The highest BCUT2D eigenvalue weighted by Crippen LogP contribution is 2.44. The van der Waals surface area contributed by atoms with Crippen molar-refractivity contribution in [2.75, 3.05) is 0 Å². The van der Waals surface area contributed by atoms with Crippen LogP contribution in [0.15, 0.2) is 35.7 Å². The van der Waals surface area contributed by atoms with Gasteiger partial charge in [0.15, 0.2) is 0 Å². The van der Waals surface area contributed by atoms with Gasteiger partial charge in [0.1, 0.15) is 0 Å². The molecule has 0 saturated heterocycles. The lowest BCUT2D eigenvalue weighted by Crippen LogP contribution is -2.23. The van der Waals surface area contributed by atoms with E-state index in [0.717, 1.165) is 23.7 Å². The molecule has 4 aliphatic rings. The Morgan fingerprint density at radius 1 is 0.630 bits per heavy atom. The van der Waals surface area contributed by atoms with Crippen molar-refractivity contribution in [1.29, 1.82) is 0 Å². The van der Waals surface area contributed by atoms with Crippen LogP contribution in [0.2, 0.25) is 0 Å². The highest BCUT2D eigenvalue weighted by atomic mass is 14.8. The minimum absolute atomic E-state index is 0.798. The molecule has 0 unspecified atom stereocenters. The van der Waals surface area contributed by atoms with Crippen LogP contribution in [-0.4, -0.2) is 0 Å². The number of hydrogen-bond acceptors (Lipinski definition) is 1. The van der Waals surface area contributed by atoms with Crippen molar-refractivity contribution in [3.63, 3.8) is 0 Å². The number of hydrogen-bond donors (Lipinski definition) is 1. The molecule has 0 aromatic rings. The first-order valence-corrected chi connectivity index (χ1v) is 12.2. The molecule has 0 bridgehead atoms. The molecular formula is C26H41N. The van der Waals surface area contributed by atoms with E-state index in [0.29, 0.717) is 0 Å². The summed E-state index contributed by atoms with van der Waals surface area (Å²) < 4.78 is 0. The van der Waals surface area contributed by atoms with Gasteiger partial charge >= 0.3 is 0 Å². The second kappa shape index (κ2) is 9.99. The summed E-state index contributed by atoms with van der Waals surface area (Å²) in [6, 6.07) is 0. The number of rotatable bonds is 4. The zero-order valence-corrected chi connectivity index (χ0v) is 17.4. The van der Waals surface area contributed by atoms with Crippen LogP contribution in [-0.2, 0) is 0 Å². The average molecular weight is 368 g/mol. The van der Waals surface area contributed by atoms with Crippen LogP contribution in [0.5, 0.6) is 0 Å². The van der Waals surface area contributed by atoms with E-state index in [9.17, 15) is 0 Å². The Balaban J connectivity index is 1.39. The molecule has 1 heterocycles. The molecule has 4 rings (SSSR count). The molecular weight excluding hydrogens is 326 g/mol. The maximum atomic E-state index is 3.47. The van der Waals surface area contributed by atoms with Gasteiger partial charge in [0.25, 0.3) is 0 Å². The lowest BCUT2D eigenvalue weighted by atomic mass is 9.70. The summed E-state index contributed by atoms with van der Waals surface area (Å²) in [6.45, 7) is 0. The molecule has 1 aliphatic heterocycles. The first kappa shape index (κ1) is 19.3. The smallest absolute Gasteiger partial charge is 0.00424 e. The quantitative estimate of drug-likeness (QED) is 0.537. The molecule has 0 radical (unpaired) electrons. The van der Waals surface area contributed by atoms with Crippen LogP contribution < -0.4 is 5.32 Å². The van der Waals surface area contributed by atoms with Crippen LogP contribution in [0, 0.1) is 23.7 Å². The summed E-state index contributed by atoms with van der Waals surface area (Å²) in [5.74, 6) is 3.71. The molecule has 1 N–H and O–H groups in total. The number of nitrogens with one attached hydrogen (secondary N) is 1. The van der Waals surface area contributed by atoms with Gasteiger partial charge in [-0.25, -0.2) is 0 Å². The summed E-state index contributed by atoms with van der Waals surface area (Å²) in [5, 5.41) is 3.47. The Morgan fingerprint density at radius 3 is 1.93 bits per heavy atom. The Bertz CT molecular complexity index is 533. The molecule has 0 aromatic heterocycles. The van der Waals surface area contributed by atoms with Gasteiger partial charge in [-0.15, -0.1) is 0 Å². The van der Waals surface area contributed by atoms with Crippen LogP contribution in [0.3, 0.4) is 0 Å². The minimum atomic E-state index is 0.798. The fraction of sp³-hybridized carbons (Fsp3) is 0.769. The number of allylic oxidation sites excluding steroid dienone is 4.